The minimum absolute atomic E-state index is 0.0343. The van der Waals surface area contributed by atoms with Gasteiger partial charge in [0, 0.05) is 30.8 Å². The van der Waals surface area contributed by atoms with Crippen LogP contribution in [0.5, 0.6) is 0 Å². The molecule has 0 bridgehead atoms. The fourth-order valence-corrected chi connectivity index (χ4v) is 12.4. The Morgan fingerprint density at radius 3 is 2.19 bits per heavy atom. The van der Waals surface area contributed by atoms with Crippen molar-refractivity contribution in [3.8, 4) is 0 Å². The molecule has 3 saturated carbocycles. The first-order chi connectivity index (χ1) is 31.8. The molecule has 17 heteroatoms. The lowest BCUT2D eigenvalue weighted by Gasteiger charge is -2.59. The lowest BCUT2D eigenvalue weighted by Crippen LogP contribution is -2.63. The smallest absolute Gasteiger partial charge is 0.407 e. The molecule has 0 aromatic heterocycles. The molecule has 0 spiro atoms. The zero-order valence-electron chi connectivity index (χ0n) is 39.6. The van der Waals surface area contributed by atoms with Crippen LogP contribution in [0, 0.1) is 40.4 Å². The number of carbonyl (C=O) groups is 3. The number of ketones is 1. The van der Waals surface area contributed by atoms with E-state index in [0.717, 1.165) is 36.8 Å². The third-order valence-corrected chi connectivity index (χ3v) is 16.4. The highest BCUT2D eigenvalue weighted by atomic mass is 16.7. The molecule has 374 valence electrons. The Morgan fingerprint density at radius 1 is 0.866 bits per heavy atom. The molecule has 2 amide bonds. The Bertz CT molecular complexity index is 1930. The van der Waals surface area contributed by atoms with Crippen LogP contribution in [0.1, 0.15) is 104 Å². The van der Waals surface area contributed by atoms with Crippen LogP contribution in [0.4, 0.5) is 9.59 Å². The number of carbonyl (C=O) groups excluding carboxylic acids is 3. The van der Waals surface area contributed by atoms with Crippen LogP contribution in [-0.2, 0) is 46.3 Å². The fraction of sp³-hybridized carbons (Fsp3) is 0.740. The molecule has 17 nitrogen and oxygen atoms in total. The summed E-state index contributed by atoms with van der Waals surface area (Å²) in [6.45, 7) is 13.5. The van der Waals surface area contributed by atoms with Crippen molar-refractivity contribution in [1.82, 2.24) is 10.6 Å². The molecule has 6 aliphatic rings. The number of amides is 2. The SMILES string of the molecule is C=CCOC(=O)NCc1ccc(CNC(=O)O[C@@H]2CO[C@@H](O[C@@H]3[C@@H](O)[C@H](O[C@H]4C[C@H]5[C@@H]6CC=C7C[C@@H](O)CC[C@]7(C)C6CC[C@]5(C)[C@@]4(O)[C@H](C)C(=O)CCC(C)C)OC[C@@H]3O)[C@H](O)[C@H]2O)cc1. The standard InChI is InChI=1S/C50H74N2O15/c1-7-20-62-46(59)51-23-29-9-11-30(12-10-29)24-52-47(60)65-38-26-64-44(41(57)40(38)56)67-43-37(55)25-63-45(42(43)58)66-39-22-35-33-14-13-31-21-32(53)16-18-48(31,5)34(33)17-19-49(35,6)50(39,61)28(4)36(54)15-8-27(2)3/h7,9-13,27-28,32-35,37-45,53,55-58,61H,1,8,14-26H2,2-6H3,(H,51,59)(H,52,60)/t28-,32+,33-,34?,35+,37+,38-,39+,40+,41-,42-,43+,44+,45+,48+,49+,50-/m1/s1. The van der Waals surface area contributed by atoms with Crippen molar-refractivity contribution in [1.29, 1.82) is 0 Å². The summed E-state index contributed by atoms with van der Waals surface area (Å²) in [7, 11) is 0. The maximum absolute atomic E-state index is 14.0. The van der Waals surface area contributed by atoms with Gasteiger partial charge in [0.2, 0.25) is 0 Å². The summed E-state index contributed by atoms with van der Waals surface area (Å²) in [5.41, 5.74) is 0.404. The Labute approximate surface area is 393 Å². The van der Waals surface area contributed by atoms with E-state index in [4.69, 9.17) is 28.4 Å². The Balaban J connectivity index is 0.981. The lowest BCUT2D eigenvalue weighted by molar-refractivity contribution is -0.344. The van der Waals surface area contributed by atoms with E-state index in [1.807, 2.05) is 0 Å². The van der Waals surface area contributed by atoms with E-state index in [9.17, 15) is 45.0 Å². The first-order valence-corrected chi connectivity index (χ1v) is 24.2. The van der Waals surface area contributed by atoms with E-state index >= 15 is 0 Å². The first-order valence-electron chi connectivity index (χ1n) is 24.2. The van der Waals surface area contributed by atoms with Crippen molar-refractivity contribution >= 4 is 18.0 Å². The van der Waals surface area contributed by atoms with E-state index in [1.165, 1.54) is 11.6 Å². The van der Waals surface area contributed by atoms with Gasteiger partial charge in [-0.15, -0.1) is 0 Å². The third kappa shape index (κ3) is 10.5. The molecule has 17 atom stereocenters. The number of hydrogen-bond donors (Lipinski definition) is 8. The Morgan fingerprint density at radius 2 is 1.52 bits per heavy atom. The van der Waals surface area contributed by atoms with Gasteiger partial charge < -0.3 is 69.7 Å². The van der Waals surface area contributed by atoms with Gasteiger partial charge in [-0.05, 0) is 91.6 Å². The Kier molecular flexibility index (Phi) is 16.3. The van der Waals surface area contributed by atoms with Gasteiger partial charge in [-0.3, -0.25) is 4.79 Å². The van der Waals surface area contributed by atoms with Crippen LogP contribution in [-0.4, -0.2) is 135 Å². The topological polar surface area (TPSA) is 252 Å². The molecule has 8 N–H and O–H groups in total. The van der Waals surface area contributed by atoms with Crippen molar-refractivity contribution in [2.75, 3.05) is 19.8 Å². The van der Waals surface area contributed by atoms with Gasteiger partial charge in [0.1, 0.15) is 48.5 Å². The highest BCUT2D eigenvalue weighted by molar-refractivity contribution is 5.82. The number of fused-ring (bicyclic) bond motifs is 5. The van der Waals surface area contributed by atoms with Crippen molar-refractivity contribution in [2.45, 2.75) is 173 Å². The summed E-state index contributed by atoms with van der Waals surface area (Å²) in [4.78, 5) is 38.5. The van der Waals surface area contributed by atoms with Crippen LogP contribution >= 0.6 is 0 Å². The molecule has 7 rings (SSSR count). The number of aliphatic hydroxyl groups is 6. The average Bonchev–Trinajstić information content (AvgIpc) is 3.53. The molecule has 1 unspecified atom stereocenters. The van der Waals surface area contributed by atoms with Crippen LogP contribution in [0.15, 0.2) is 48.6 Å². The highest BCUT2D eigenvalue weighted by Crippen LogP contribution is 2.69. The quantitative estimate of drug-likeness (QED) is 0.109. The van der Waals surface area contributed by atoms with Crippen LogP contribution < -0.4 is 10.6 Å². The predicted octanol–water partition coefficient (Wildman–Crippen LogP) is 3.93. The van der Waals surface area contributed by atoms with Gasteiger partial charge in [0.15, 0.2) is 18.7 Å². The normalized spacial score (nSPS) is 39.8. The van der Waals surface area contributed by atoms with Gasteiger partial charge in [-0.25, -0.2) is 9.59 Å². The molecule has 5 fully saturated rings. The second-order valence-electron chi connectivity index (χ2n) is 20.8. The van der Waals surface area contributed by atoms with E-state index < -0.39 is 91.0 Å². The lowest BCUT2D eigenvalue weighted by atomic mass is 9.46. The molecule has 1 aromatic rings. The highest BCUT2D eigenvalue weighted by Gasteiger charge is 2.70. The molecule has 2 heterocycles. The number of benzene rings is 1. The molecule has 0 radical (unpaired) electrons. The summed E-state index contributed by atoms with van der Waals surface area (Å²) in [5.74, 6) is -0.0821. The molecule has 2 aliphatic heterocycles. The summed E-state index contributed by atoms with van der Waals surface area (Å²) in [6, 6.07) is 7.05. The molecular weight excluding hydrogens is 869 g/mol. The number of hydrogen-bond acceptors (Lipinski definition) is 15. The van der Waals surface area contributed by atoms with Crippen molar-refractivity contribution in [3.63, 3.8) is 0 Å². The second-order valence-corrected chi connectivity index (χ2v) is 20.8. The maximum atomic E-state index is 14.0. The van der Waals surface area contributed by atoms with Crippen LogP contribution in [0.2, 0.25) is 0 Å². The van der Waals surface area contributed by atoms with Gasteiger partial charge >= 0.3 is 12.2 Å². The van der Waals surface area contributed by atoms with Gasteiger partial charge in [0.05, 0.1) is 25.4 Å². The van der Waals surface area contributed by atoms with Crippen LogP contribution in [0.3, 0.4) is 0 Å². The molecule has 2 saturated heterocycles. The monoisotopic (exact) mass is 943 g/mol. The zero-order valence-corrected chi connectivity index (χ0v) is 39.6. The number of ether oxygens (including phenoxy) is 6. The van der Waals surface area contributed by atoms with E-state index in [2.05, 4.69) is 51.0 Å². The molecular formula is C50H74N2O15. The maximum Gasteiger partial charge on any atom is 0.407 e. The van der Waals surface area contributed by atoms with Gasteiger partial charge in [-0.2, -0.15) is 0 Å². The zero-order chi connectivity index (χ0) is 48.4. The van der Waals surface area contributed by atoms with E-state index in [1.54, 1.807) is 31.2 Å². The average molecular weight is 943 g/mol. The van der Waals surface area contributed by atoms with Gasteiger partial charge in [0.25, 0.3) is 0 Å². The minimum Gasteiger partial charge on any atom is -0.445 e. The number of alkyl carbamates (subject to hydrolysis) is 2. The van der Waals surface area contributed by atoms with Crippen LogP contribution in [0.25, 0.3) is 0 Å². The number of allylic oxidation sites excluding steroid dienone is 1. The molecule has 67 heavy (non-hydrogen) atoms. The summed E-state index contributed by atoms with van der Waals surface area (Å²) >= 11 is 0. The van der Waals surface area contributed by atoms with Crippen molar-refractivity contribution in [2.24, 2.45) is 40.4 Å². The Hall–Kier alpha value is -3.49. The first kappa shape index (κ1) is 51.4. The van der Waals surface area contributed by atoms with Gasteiger partial charge in [-0.1, -0.05) is 83.2 Å². The predicted molar refractivity (Wildman–Crippen MR) is 241 cm³/mol. The number of nitrogens with one attached hydrogen (secondary N) is 2. The molecule has 1 aromatic carbocycles. The minimum atomic E-state index is -1.77. The van der Waals surface area contributed by atoms with E-state index in [0.29, 0.717) is 38.0 Å². The number of aliphatic hydroxyl groups excluding tert-OH is 5. The van der Waals surface area contributed by atoms with Crippen molar-refractivity contribution in [3.05, 3.63) is 59.7 Å². The summed E-state index contributed by atoms with van der Waals surface area (Å²) < 4.78 is 34.5. The fourth-order valence-electron chi connectivity index (χ4n) is 12.4. The summed E-state index contributed by atoms with van der Waals surface area (Å²) in [6.07, 6.45) is -5.18. The van der Waals surface area contributed by atoms with E-state index in [-0.39, 0.29) is 61.4 Å². The van der Waals surface area contributed by atoms with Crippen molar-refractivity contribution < 1.29 is 73.4 Å². The molecule has 4 aliphatic carbocycles. The second kappa shape index (κ2) is 21.2. The largest absolute Gasteiger partial charge is 0.445 e. The number of rotatable bonds is 16. The third-order valence-electron chi connectivity index (χ3n) is 16.4. The number of Topliss-reactive ketones (excluding diaryl/α,β-unsaturated/α-hetero) is 1. The summed E-state index contributed by atoms with van der Waals surface area (Å²) in [5, 5.41) is 74.1.